The Labute approximate surface area is 85.2 Å². The smallest absolute Gasteiger partial charge is 0.328 e. The monoisotopic (exact) mass is 212 g/mol. The number of aromatic amines is 1. The largest absolute Gasteiger partial charge is 0.481 e. The Hall–Kier alpha value is -1.85. The summed E-state index contributed by atoms with van der Waals surface area (Å²) in [4.78, 5) is 34.9. The molecule has 0 atom stereocenters. The van der Waals surface area contributed by atoms with Gasteiger partial charge in [-0.05, 0) is 6.42 Å². The third kappa shape index (κ3) is 2.80. The molecule has 1 rings (SSSR count). The number of carboxylic acid groups (broad SMARTS) is 1. The van der Waals surface area contributed by atoms with Crippen molar-refractivity contribution >= 4 is 5.97 Å². The summed E-state index contributed by atoms with van der Waals surface area (Å²) in [6.07, 6.45) is 1.77. The van der Waals surface area contributed by atoms with Gasteiger partial charge in [-0.2, -0.15) is 0 Å². The molecule has 0 aliphatic heterocycles. The summed E-state index contributed by atoms with van der Waals surface area (Å²) >= 11 is 0. The van der Waals surface area contributed by atoms with Gasteiger partial charge in [-0.15, -0.1) is 0 Å². The first-order valence-electron chi connectivity index (χ1n) is 4.59. The zero-order valence-electron chi connectivity index (χ0n) is 8.32. The van der Waals surface area contributed by atoms with Crippen LogP contribution in [0.3, 0.4) is 0 Å². The number of hydrogen-bond donors (Lipinski definition) is 2. The molecule has 0 saturated heterocycles. The van der Waals surface area contributed by atoms with Crippen LogP contribution in [0.2, 0.25) is 0 Å². The molecule has 1 heterocycles. The van der Waals surface area contributed by atoms with Gasteiger partial charge in [-0.1, -0.05) is 6.92 Å². The zero-order chi connectivity index (χ0) is 11.4. The van der Waals surface area contributed by atoms with E-state index < -0.39 is 17.2 Å². The van der Waals surface area contributed by atoms with E-state index in [2.05, 4.69) is 4.98 Å². The molecule has 6 nitrogen and oxygen atoms in total. The maximum atomic E-state index is 11.2. The SMILES string of the molecule is CCc1cn(CCC(=O)O)c(=O)[nH]c1=O. The predicted octanol–water partition coefficient (Wildman–Crippen LogP) is -0.426. The third-order valence-corrected chi connectivity index (χ3v) is 2.03. The van der Waals surface area contributed by atoms with Gasteiger partial charge >= 0.3 is 11.7 Å². The second-order valence-electron chi connectivity index (χ2n) is 3.10. The molecular weight excluding hydrogens is 200 g/mol. The van der Waals surface area contributed by atoms with Crippen LogP contribution in [0, 0.1) is 0 Å². The van der Waals surface area contributed by atoms with E-state index in [-0.39, 0.29) is 13.0 Å². The summed E-state index contributed by atoms with van der Waals surface area (Å²) in [6.45, 7) is 1.86. The van der Waals surface area contributed by atoms with Gasteiger partial charge in [-0.25, -0.2) is 4.79 Å². The van der Waals surface area contributed by atoms with Crippen molar-refractivity contribution in [3.05, 3.63) is 32.6 Å². The van der Waals surface area contributed by atoms with Crippen LogP contribution in [-0.2, 0) is 17.8 Å². The number of rotatable bonds is 4. The fraction of sp³-hybridized carbons (Fsp3) is 0.444. The van der Waals surface area contributed by atoms with Crippen molar-refractivity contribution in [3.63, 3.8) is 0 Å². The number of carboxylic acids is 1. The molecule has 15 heavy (non-hydrogen) atoms. The minimum Gasteiger partial charge on any atom is -0.481 e. The Balaban J connectivity index is 3.03. The Morgan fingerprint density at radius 3 is 2.73 bits per heavy atom. The van der Waals surface area contributed by atoms with Crippen LogP contribution >= 0.6 is 0 Å². The van der Waals surface area contributed by atoms with Crippen LogP contribution in [0.4, 0.5) is 0 Å². The summed E-state index contributed by atoms with van der Waals surface area (Å²) in [5, 5.41) is 8.46. The molecule has 0 unspecified atom stereocenters. The summed E-state index contributed by atoms with van der Waals surface area (Å²) in [5.41, 5.74) is -0.507. The van der Waals surface area contributed by atoms with Gasteiger partial charge in [-0.3, -0.25) is 19.1 Å². The first-order valence-corrected chi connectivity index (χ1v) is 4.59. The molecule has 0 aliphatic rings. The summed E-state index contributed by atoms with van der Waals surface area (Å²) in [6, 6.07) is 0. The van der Waals surface area contributed by atoms with Crippen LogP contribution in [0.5, 0.6) is 0 Å². The van der Waals surface area contributed by atoms with Gasteiger partial charge in [0.2, 0.25) is 0 Å². The van der Waals surface area contributed by atoms with Crippen molar-refractivity contribution in [2.75, 3.05) is 0 Å². The van der Waals surface area contributed by atoms with Gasteiger partial charge in [0.1, 0.15) is 0 Å². The van der Waals surface area contributed by atoms with E-state index in [1.807, 2.05) is 0 Å². The van der Waals surface area contributed by atoms with E-state index in [0.717, 1.165) is 0 Å². The molecular formula is C9H12N2O4. The lowest BCUT2D eigenvalue weighted by atomic mass is 10.2. The van der Waals surface area contributed by atoms with Gasteiger partial charge in [0.25, 0.3) is 5.56 Å². The van der Waals surface area contributed by atoms with Crippen molar-refractivity contribution in [3.8, 4) is 0 Å². The van der Waals surface area contributed by atoms with E-state index in [1.54, 1.807) is 6.92 Å². The Bertz CT molecular complexity index is 472. The quantitative estimate of drug-likeness (QED) is 0.708. The van der Waals surface area contributed by atoms with Crippen molar-refractivity contribution < 1.29 is 9.90 Å². The second-order valence-corrected chi connectivity index (χ2v) is 3.10. The van der Waals surface area contributed by atoms with Crippen LogP contribution in [0.15, 0.2) is 15.8 Å². The normalized spacial score (nSPS) is 10.2. The highest BCUT2D eigenvalue weighted by atomic mass is 16.4. The minimum absolute atomic E-state index is 0.0674. The minimum atomic E-state index is -0.980. The van der Waals surface area contributed by atoms with Crippen molar-refractivity contribution in [2.24, 2.45) is 0 Å². The number of aromatic nitrogens is 2. The fourth-order valence-corrected chi connectivity index (χ4v) is 1.19. The van der Waals surface area contributed by atoms with E-state index >= 15 is 0 Å². The molecule has 6 heteroatoms. The highest BCUT2D eigenvalue weighted by Crippen LogP contribution is 1.91. The van der Waals surface area contributed by atoms with E-state index in [0.29, 0.717) is 12.0 Å². The Kier molecular flexibility index (Phi) is 3.43. The number of nitrogens with zero attached hydrogens (tertiary/aromatic N) is 1. The Morgan fingerprint density at radius 1 is 1.53 bits per heavy atom. The average molecular weight is 212 g/mol. The third-order valence-electron chi connectivity index (χ3n) is 2.03. The van der Waals surface area contributed by atoms with Gasteiger partial charge in [0.15, 0.2) is 0 Å². The topological polar surface area (TPSA) is 92.2 Å². The molecule has 0 spiro atoms. The number of aryl methyl sites for hydroxylation is 2. The van der Waals surface area contributed by atoms with Crippen molar-refractivity contribution in [1.82, 2.24) is 9.55 Å². The Morgan fingerprint density at radius 2 is 2.20 bits per heavy atom. The summed E-state index contributed by atoms with van der Waals surface area (Å²) in [5.74, 6) is -0.980. The highest BCUT2D eigenvalue weighted by molar-refractivity contribution is 5.66. The lowest BCUT2D eigenvalue weighted by molar-refractivity contribution is -0.137. The molecule has 0 aliphatic carbocycles. The van der Waals surface area contributed by atoms with Crippen LogP contribution in [-0.4, -0.2) is 20.6 Å². The van der Waals surface area contributed by atoms with Gasteiger partial charge < -0.3 is 5.11 Å². The van der Waals surface area contributed by atoms with Gasteiger partial charge in [0.05, 0.1) is 6.42 Å². The zero-order valence-corrected chi connectivity index (χ0v) is 8.32. The van der Waals surface area contributed by atoms with E-state index in [1.165, 1.54) is 10.8 Å². The van der Waals surface area contributed by atoms with Crippen molar-refractivity contribution in [1.29, 1.82) is 0 Å². The molecule has 1 aromatic heterocycles. The molecule has 0 bridgehead atoms. The number of hydrogen-bond acceptors (Lipinski definition) is 3. The maximum Gasteiger partial charge on any atom is 0.328 e. The highest BCUT2D eigenvalue weighted by Gasteiger charge is 2.04. The average Bonchev–Trinajstić information content (AvgIpc) is 2.16. The predicted molar refractivity (Wildman–Crippen MR) is 53.0 cm³/mol. The fourth-order valence-electron chi connectivity index (χ4n) is 1.19. The lowest BCUT2D eigenvalue weighted by Gasteiger charge is -2.04. The molecule has 0 aromatic carbocycles. The molecule has 0 amide bonds. The van der Waals surface area contributed by atoms with E-state index in [4.69, 9.17) is 5.11 Å². The van der Waals surface area contributed by atoms with Gasteiger partial charge in [0, 0.05) is 18.3 Å². The summed E-state index contributed by atoms with van der Waals surface area (Å²) in [7, 11) is 0. The molecule has 2 N–H and O–H groups in total. The molecule has 0 saturated carbocycles. The molecule has 82 valence electrons. The first kappa shape index (κ1) is 11.2. The molecule has 0 radical (unpaired) electrons. The lowest BCUT2D eigenvalue weighted by Crippen LogP contribution is -2.32. The van der Waals surface area contributed by atoms with E-state index in [9.17, 15) is 14.4 Å². The molecule has 0 fully saturated rings. The number of aliphatic carboxylic acids is 1. The van der Waals surface area contributed by atoms with Crippen LogP contribution < -0.4 is 11.2 Å². The number of nitrogens with one attached hydrogen (secondary N) is 1. The maximum absolute atomic E-state index is 11.2. The van der Waals surface area contributed by atoms with Crippen LogP contribution in [0.1, 0.15) is 18.9 Å². The molecule has 1 aromatic rings. The van der Waals surface area contributed by atoms with Crippen LogP contribution in [0.25, 0.3) is 0 Å². The standard InChI is InChI=1S/C9H12N2O4/c1-2-6-5-11(4-3-7(12)13)9(15)10-8(6)14/h5H,2-4H2,1H3,(H,12,13)(H,10,14,15). The number of carbonyl (C=O) groups is 1. The second kappa shape index (κ2) is 4.59. The summed E-state index contributed by atoms with van der Waals surface area (Å²) < 4.78 is 1.20. The number of H-pyrrole nitrogens is 1. The first-order chi connectivity index (χ1) is 7.04. The van der Waals surface area contributed by atoms with Crippen molar-refractivity contribution in [2.45, 2.75) is 26.3 Å².